The molecule has 2 aliphatic rings. The Kier molecular flexibility index (Phi) is 3.92. The minimum absolute atomic E-state index is 0.0339. The van der Waals surface area contributed by atoms with Crippen molar-refractivity contribution >= 4 is 6.03 Å². The highest BCUT2D eigenvalue weighted by Gasteiger charge is 2.40. The summed E-state index contributed by atoms with van der Waals surface area (Å²) < 4.78 is 0. The standard InChI is InChI=1S/C16H22N2O2/c19-11-12-5-4-8-18(10-12)16(20)17-15-9-14(15)13-6-2-1-3-7-13/h1-3,6-7,12,14-15,19H,4-5,8-11H2,(H,17,20). The van der Waals surface area contributed by atoms with E-state index in [0.29, 0.717) is 12.5 Å². The van der Waals surface area contributed by atoms with Gasteiger partial charge in [-0.2, -0.15) is 0 Å². The number of aliphatic hydroxyl groups is 1. The molecule has 2 amide bonds. The zero-order valence-corrected chi connectivity index (χ0v) is 11.7. The molecule has 0 bridgehead atoms. The summed E-state index contributed by atoms with van der Waals surface area (Å²) in [5, 5.41) is 12.3. The Labute approximate surface area is 119 Å². The lowest BCUT2D eigenvalue weighted by Crippen LogP contribution is -2.47. The van der Waals surface area contributed by atoms with Gasteiger partial charge in [0.1, 0.15) is 0 Å². The normalized spacial score (nSPS) is 29.1. The van der Waals surface area contributed by atoms with Gasteiger partial charge in [-0.05, 0) is 30.7 Å². The van der Waals surface area contributed by atoms with Crippen molar-refractivity contribution in [1.29, 1.82) is 0 Å². The number of piperidine rings is 1. The van der Waals surface area contributed by atoms with Crippen molar-refractivity contribution < 1.29 is 9.90 Å². The van der Waals surface area contributed by atoms with Crippen LogP contribution >= 0.6 is 0 Å². The average Bonchev–Trinajstić information content (AvgIpc) is 3.27. The summed E-state index contributed by atoms with van der Waals surface area (Å²) in [4.78, 5) is 14.1. The quantitative estimate of drug-likeness (QED) is 0.885. The fourth-order valence-electron chi connectivity index (χ4n) is 3.07. The molecule has 1 aromatic rings. The van der Waals surface area contributed by atoms with Crippen molar-refractivity contribution in [3.63, 3.8) is 0 Å². The number of nitrogens with one attached hydrogen (secondary N) is 1. The lowest BCUT2D eigenvalue weighted by molar-refractivity contribution is 0.129. The maximum atomic E-state index is 12.2. The Hall–Kier alpha value is -1.55. The number of rotatable bonds is 3. The van der Waals surface area contributed by atoms with E-state index >= 15 is 0 Å². The first-order valence-electron chi connectivity index (χ1n) is 7.49. The zero-order valence-electron chi connectivity index (χ0n) is 11.7. The number of hydrogen-bond acceptors (Lipinski definition) is 2. The topological polar surface area (TPSA) is 52.6 Å². The lowest BCUT2D eigenvalue weighted by atomic mass is 9.99. The molecule has 1 heterocycles. The van der Waals surface area contributed by atoms with Crippen molar-refractivity contribution in [2.24, 2.45) is 5.92 Å². The fourth-order valence-corrected chi connectivity index (χ4v) is 3.07. The Morgan fingerprint density at radius 2 is 2.15 bits per heavy atom. The van der Waals surface area contributed by atoms with E-state index in [1.807, 2.05) is 23.1 Å². The molecule has 1 saturated heterocycles. The first-order chi connectivity index (χ1) is 9.78. The van der Waals surface area contributed by atoms with Crippen LogP contribution in [0.1, 0.15) is 30.7 Å². The molecule has 1 aromatic carbocycles. The fraction of sp³-hybridized carbons (Fsp3) is 0.562. The average molecular weight is 274 g/mol. The molecule has 20 heavy (non-hydrogen) atoms. The second-order valence-corrected chi connectivity index (χ2v) is 5.95. The van der Waals surface area contributed by atoms with Gasteiger partial charge in [0.05, 0.1) is 0 Å². The molecule has 4 nitrogen and oxygen atoms in total. The summed E-state index contributed by atoms with van der Waals surface area (Å²) in [6.45, 7) is 1.68. The van der Waals surface area contributed by atoms with Gasteiger partial charge in [0, 0.05) is 31.7 Å². The number of nitrogens with zero attached hydrogens (tertiary/aromatic N) is 1. The molecule has 3 unspecified atom stereocenters. The molecule has 0 aromatic heterocycles. The van der Waals surface area contributed by atoms with Crippen LogP contribution in [0, 0.1) is 5.92 Å². The van der Waals surface area contributed by atoms with Gasteiger partial charge < -0.3 is 15.3 Å². The van der Waals surface area contributed by atoms with Crippen LogP contribution in [0.5, 0.6) is 0 Å². The summed E-state index contributed by atoms with van der Waals surface area (Å²) >= 11 is 0. The Balaban J connectivity index is 1.51. The molecule has 1 saturated carbocycles. The summed E-state index contributed by atoms with van der Waals surface area (Å²) in [5.41, 5.74) is 1.31. The molecular weight excluding hydrogens is 252 g/mol. The first-order valence-corrected chi connectivity index (χ1v) is 7.49. The van der Waals surface area contributed by atoms with E-state index < -0.39 is 0 Å². The summed E-state index contributed by atoms with van der Waals surface area (Å²) in [6, 6.07) is 10.7. The molecule has 0 spiro atoms. The van der Waals surface area contributed by atoms with Gasteiger partial charge in [0.2, 0.25) is 0 Å². The van der Waals surface area contributed by atoms with Crippen molar-refractivity contribution in [3.8, 4) is 0 Å². The van der Waals surface area contributed by atoms with Crippen LogP contribution in [0.2, 0.25) is 0 Å². The Bertz CT molecular complexity index is 463. The number of benzene rings is 1. The van der Waals surface area contributed by atoms with E-state index in [2.05, 4.69) is 17.4 Å². The van der Waals surface area contributed by atoms with E-state index in [0.717, 1.165) is 25.8 Å². The highest BCUT2D eigenvalue weighted by Crippen LogP contribution is 2.40. The van der Waals surface area contributed by atoms with Crippen molar-refractivity contribution in [1.82, 2.24) is 10.2 Å². The molecule has 3 atom stereocenters. The maximum absolute atomic E-state index is 12.2. The third-order valence-corrected chi connectivity index (χ3v) is 4.39. The first kappa shape index (κ1) is 13.4. The van der Waals surface area contributed by atoms with Crippen LogP contribution in [0.15, 0.2) is 30.3 Å². The molecule has 1 aliphatic heterocycles. The number of carbonyl (C=O) groups excluding carboxylic acids is 1. The number of hydrogen-bond donors (Lipinski definition) is 2. The van der Waals surface area contributed by atoms with Crippen LogP contribution in [-0.4, -0.2) is 41.8 Å². The SMILES string of the molecule is O=C(NC1CC1c1ccccc1)N1CCCC(CO)C1. The minimum atomic E-state index is 0.0339. The van der Waals surface area contributed by atoms with E-state index in [4.69, 9.17) is 0 Å². The van der Waals surface area contributed by atoms with Crippen molar-refractivity contribution in [2.45, 2.75) is 31.2 Å². The Morgan fingerprint density at radius 3 is 2.90 bits per heavy atom. The monoisotopic (exact) mass is 274 g/mol. The molecule has 0 radical (unpaired) electrons. The summed E-state index contributed by atoms with van der Waals surface area (Å²) in [7, 11) is 0. The summed E-state index contributed by atoms with van der Waals surface area (Å²) in [5.74, 6) is 0.720. The molecule has 3 rings (SSSR count). The third kappa shape index (κ3) is 2.96. The van der Waals surface area contributed by atoms with Crippen LogP contribution in [0.3, 0.4) is 0 Å². The van der Waals surface area contributed by atoms with Crippen LogP contribution in [0.4, 0.5) is 4.79 Å². The van der Waals surface area contributed by atoms with Gasteiger partial charge in [-0.25, -0.2) is 4.79 Å². The second kappa shape index (κ2) is 5.83. The predicted octanol–water partition coefficient (Wildman–Crippen LogP) is 1.96. The van der Waals surface area contributed by atoms with E-state index in [9.17, 15) is 9.90 Å². The van der Waals surface area contributed by atoms with Gasteiger partial charge in [0.25, 0.3) is 0 Å². The van der Waals surface area contributed by atoms with E-state index in [1.165, 1.54) is 5.56 Å². The van der Waals surface area contributed by atoms with Crippen molar-refractivity contribution in [3.05, 3.63) is 35.9 Å². The highest BCUT2D eigenvalue weighted by molar-refractivity contribution is 5.75. The number of carbonyl (C=O) groups is 1. The van der Waals surface area contributed by atoms with Crippen LogP contribution < -0.4 is 5.32 Å². The van der Waals surface area contributed by atoms with Crippen molar-refractivity contribution in [2.75, 3.05) is 19.7 Å². The van der Waals surface area contributed by atoms with Crippen LogP contribution in [-0.2, 0) is 0 Å². The number of urea groups is 1. The van der Waals surface area contributed by atoms with E-state index in [-0.39, 0.29) is 24.6 Å². The molecule has 4 heteroatoms. The lowest BCUT2D eigenvalue weighted by Gasteiger charge is -2.31. The molecular formula is C16H22N2O2. The third-order valence-electron chi connectivity index (χ3n) is 4.39. The molecule has 108 valence electrons. The molecule has 1 aliphatic carbocycles. The molecule has 2 fully saturated rings. The zero-order chi connectivity index (χ0) is 13.9. The number of aliphatic hydroxyl groups excluding tert-OH is 1. The van der Waals surface area contributed by atoms with Gasteiger partial charge in [0.15, 0.2) is 0 Å². The predicted molar refractivity (Wildman–Crippen MR) is 77.5 cm³/mol. The number of likely N-dealkylation sites (tertiary alicyclic amines) is 1. The highest BCUT2D eigenvalue weighted by atomic mass is 16.3. The van der Waals surface area contributed by atoms with Gasteiger partial charge >= 0.3 is 6.03 Å². The number of amides is 2. The van der Waals surface area contributed by atoms with Gasteiger partial charge in [-0.15, -0.1) is 0 Å². The second-order valence-electron chi connectivity index (χ2n) is 5.95. The molecule has 2 N–H and O–H groups in total. The smallest absolute Gasteiger partial charge is 0.317 e. The van der Waals surface area contributed by atoms with Gasteiger partial charge in [-0.1, -0.05) is 30.3 Å². The largest absolute Gasteiger partial charge is 0.396 e. The maximum Gasteiger partial charge on any atom is 0.317 e. The Morgan fingerprint density at radius 1 is 1.35 bits per heavy atom. The summed E-state index contributed by atoms with van der Waals surface area (Å²) in [6.07, 6.45) is 3.05. The van der Waals surface area contributed by atoms with Crippen LogP contribution in [0.25, 0.3) is 0 Å². The minimum Gasteiger partial charge on any atom is -0.396 e. The van der Waals surface area contributed by atoms with E-state index in [1.54, 1.807) is 0 Å². The van der Waals surface area contributed by atoms with Gasteiger partial charge in [-0.3, -0.25) is 0 Å².